The molecule has 0 N–H and O–H groups in total. The first kappa shape index (κ1) is 17.3. The second kappa shape index (κ2) is 7.66. The van der Waals surface area contributed by atoms with E-state index in [0.29, 0.717) is 11.5 Å². The molecule has 1 aliphatic rings. The summed E-state index contributed by atoms with van der Waals surface area (Å²) in [5.41, 5.74) is 4.95. The SMILES string of the molecule is Cc1ccccc1-c1cncc(C2CCN(C(=O)c3ccncc3)CC2)n1. The number of amides is 1. The molecule has 2 aromatic heterocycles. The highest BCUT2D eigenvalue weighted by Gasteiger charge is 2.25. The molecule has 1 fully saturated rings. The first-order valence-electron chi connectivity index (χ1n) is 9.29. The van der Waals surface area contributed by atoms with E-state index in [1.165, 1.54) is 5.56 Å². The first-order chi connectivity index (χ1) is 13.2. The Morgan fingerprint density at radius 2 is 1.74 bits per heavy atom. The van der Waals surface area contributed by atoms with Crippen LogP contribution < -0.4 is 0 Å². The number of pyridine rings is 1. The van der Waals surface area contributed by atoms with Crippen molar-refractivity contribution in [1.29, 1.82) is 0 Å². The van der Waals surface area contributed by atoms with Crippen LogP contribution in [0.2, 0.25) is 0 Å². The Morgan fingerprint density at radius 1 is 1.00 bits per heavy atom. The van der Waals surface area contributed by atoms with Gasteiger partial charge in [0.15, 0.2) is 0 Å². The lowest BCUT2D eigenvalue weighted by Gasteiger charge is -2.31. The molecular weight excluding hydrogens is 336 g/mol. The highest BCUT2D eigenvalue weighted by Crippen LogP contribution is 2.29. The van der Waals surface area contributed by atoms with E-state index < -0.39 is 0 Å². The number of hydrogen-bond acceptors (Lipinski definition) is 4. The van der Waals surface area contributed by atoms with Crippen LogP contribution in [-0.4, -0.2) is 38.8 Å². The Labute approximate surface area is 159 Å². The molecule has 1 aliphatic heterocycles. The zero-order valence-corrected chi connectivity index (χ0v) is 15.4. The van der Waals surface area contributed by atoms with Gasteiger partial charge in [-0.25, -0.2) is 4.98 Å². The number of nitrogens with zero attached hydrogens (tertiary/aromatic N) is 4. The minimum absolute atomic E-state index is 0.0793. The quantitative estimate of drug-likeness (QED) is 0.713. The van der Waals surface area contributed by atoms with E-state index in [-0.39, 0.29) is 5.91 Å². The number of carbonyl (C=O) groups is 1. The van der Waals surface area contributed by atoms with Crippen molar-refractivity contribution in [3.05, 3.63) is 78.0 Å². The molecule has 0 radical (unpaired) electrons. The maximum Gasteiger partial charge on any atom is 0.253 e. The van der Waals surface area contributed by atoms with E-state index in [2.05, 4.69) is 29.0 Å². The summed E-state index contributed by atoms with van der Waals surface area (Å²) in [4.78, 5) is 27.8. The molecule has 0 unspecified atom stereocenters. The van der Waals surface area contributed by atoms with Crippen LogP contribution in [0.4, 0.5) is 0 Å². The maximum atomic E-state index is 12.6. The molecule has 0 spiro atoms. The van der Waals surface area contributed by atoms with Gasteiger partial charge in [0.25, 0.3) is 5.91 Å². The van der Waals surface area contributed by atoms with Crippen LogP contribution in [0, 0.1) is 6.92 Å². The highest BCUT2D eigenvalue weighted by molar-refractivity contribution is 5.94. The first-order valence-corrected chi connectivity index (χ1v) is 9.29. The average Bonchev–Trinajstić information content (AvgIpc) is 2.74. The lowest BCUT2D eigenvalue weighted by molar-refractivity contribution is 0.0712. The van der Waals surface area contributed by atoms with Crippen molar-refractivity contribution in [3.63, 3.8) is 0 Å². The van der Waals surface area contributed by atoms with Gasteiger partial charge in [0.1, 0.15) is 0 Å². The number of carbonyl (C=O) groups excluding carboxylic acids is 1. The lowest BCUT2D eigenvalue weighted by Crippen LogP contribution is -2.38. The smallest absolute Gasteiger partial charge is 0.253 e. The van der Waals surface area contributed by atoms with E-state index in [9.17, 15) is 4.79 Å². The molecule has 3 aromatic rings. The number of likely N-dealkylation sites (tertiary alicyclic amines) is 1. The number of hydrogen-bond donors (Lipinski definition) is 0. The van der Waals surface area contributed by atoms with Crippen LogP contribution in [-0.2, 0) is 0 Å². The summed E-state index contributed by atoms with van der Waals surface area (Å²) in [6.45, 7) is 3.57. The molecule has 5 heteroatoms. The van der Waals surface area contributed by atoms with Gasteiger partial charge < -0.3 is 4.90 Å². The fourth-order valence-corrected chi connectivity index (χ4v) is 3.62. The highest BCUT2D eigenvalue weighted by atomic mass is 16.2. The predicted octanol–water partition coefficient (Wildman–Crippen LogP) is 3.87. The van der Waals surface area contributed by atoms with Crippen molar-refractivity contribution in [2.45, 2.75) is 25.7 Å². The average molecular weight is 358 g/mol. The zero-order chi connectivity index (χ0) is 18.6. The summed E-state index contributed by atoms with van der Waals surface area (Å²) in [5.74, 6) is 0.415. The molecule has 0 aliphatic carbocycles. The largest absolute Gasteiger partial charge is 0.339 e. The summed E-state index contributed by atoms with van der Waals surface area (Å²) in [7, 11) is 0. The van der Waals surface area contributed by atoms with E-state index >= 15 is 0 Å². The molecule has 136 valence electrons. The van der Waals surface area contributed by atoms with Crippen molar-refractivity contribution < 1.29 is 4.79 Å². The number of piperidine rings is 1. The summed E-state index contributed by atoms with van der Waals surface area (Å²) in [5, 5.41) is 0. The molecule has 27 heavy (non-hydrogen) atoms. The van der Waals surface area contributed by atoms with Crippen molar-refractivity contribution in [1.82, 2.24) is 19.9 Å². The van der Waals surface area contributed by atoms with Gasteiger partial charge in [0.05, 0.1) is 17.6 Å². The standard InChI is InChI=1S/C22H22N4O/c1-16-4-2-3-5-19(16)21-15-24-14-20(25-21)17-8-12-26(13-9-17)22(27)18-6-10-23-11-7-18/h2-7,10-11,14-15,17H,8-9,12-13H2,1H3. The van der Waals surface area contributed by atoms with E-state index in [1.807, 2.05) is 29.4 Å². The molecule has 0 saturated carbocycles. The molecule has 1 aromatic carbocycles. The Hall–Kier alpha value is -3.08. The van der Waals surface area contributed by atoms with E-state index in [1.54, 1.807) is 24.5 Å². The van der Waals surface area contributed by atoms with Gasteiger partial charge in [-0.2, -0.15) is 0 Å². The predicted molar refractivity (Wildman–Crippen MR) is 104 cm³/mol. The van der Waals surface area contributed by atoms with Crippen molar-refractivity contribution in [2.75, 3.05) is 13.1 Å². The van der Waals surface area contributed by atoms with Crippen LogP contribution in [0.1, 0.15) is 40.4 Å². The normalized spacial score (nSPS) is 14.9. The van der Waals surface area contributed by atoms with E-state index in [4.69, 9.17) is 4.98 Å². The van der Waals surface area contributed by atoms with Crippen LogP contribution in [0.25, 0.3) is 11.3 Å². The van der Waals surface area contributed by atoms with Crippen LogP contribution in [0.3, 0.4) is 0 Å². The minimum atomic E-state index is 0.0793. The van der Waals surface area contributed by atoms with Crippen molar-refractivity contribution >= 4 is 5.91 Å². The van der Waals surface area contributed by atoms with Gasteiger partial charge in [-0.3, -0.25) is 14.8 Å². The van der Waals surface area contributed by atoms with E-state index in [0.717, 1.165) is 42.9 Å². The van der Waals surface area contributed by atoms with Gasteiger partial charge in [0.2, 0.25) is 0 Å². The Morgan fingerprint density at radius 3 is 2.48 bits per heavy atom. The molecule has 1 saturated heterocycles. The Kier molecular flexibility index (Phi) is 4.92. The Balaban J connectivity index is 1.47. The second-order valence-electron chi connectivity index (χ2n) is 6.95. The molecule has 3 heterocycles. The fraction of sp³-hybridized carbons (Fsp3) is 0.273. The van der Waals surface area contributed by atoms with Crippen LogP contribution >= 0.6 is 0 Å². The maximum absolute atomic E-state index is 12.6. The molecule has 0 atom stereocenters. The lowest BCUT2D eigenvalue weighted by atomic mass is 9.93. The number of aryl methyl sites for hydroxylation is 1. The number of aromatic nitrogens is 3. The summed E-state index contributed by atoms with van der Waals surface area (Å²) in [6.07, 6.45) is 8.82. The number of benzene rings is 1. The minimum Gasteiger partial charge on any atom is -0.339 e. The summed E-state index contributed by atoms with van der Waals surface area (Å²) < 4.78 is 0. The van der Waals surface area contributed by atoms with Crippen LogP contribution in [0.5, 0.6) is 0 Å². The zero-order valence-electron chi connectivity index (χ0n) is 15.4. The molecular formula is C22H22N4O. The third kappa shape index (κ3) is 3.72. The van der Waals surface area contributed by atoms with Gasteiger partial charge in [-0.15, -0.1) is 0 Å². The number of rotatable bonds is 3. The Bertz CT molecular complexity index is 934. The summed E-state index contributed by atoms with van der Waals surface area (Å²) >= 11 is 0. The summed E-state index contributed by atoms with van der Waals surface area (Å²) in [6, 6.07) is 11.8. The second-order valence-corrected chi connectivity index (χ2v) is 6.95. The van der Waals surface area contributed by atoms with Gasteiger partial charge in [-0.05, 0) is 37.5 Å². The van der Waals surface area contributed by atoms with Crippen molar-refractivity contribution in [3.8, 4) is 11.3 Å². The van der Waals surface area contributed by atoms with Gasteiger partial charge in [0, 0.05) is 48.7 Å². The molecule has 1 amide bonds. The third-order valence-electron chi connectivity index (χ3n) is 5.20. The van der Waals surface area contributed by atoms with Crippen LogP contribution in [0.15, 0.2) is 61.2 Å². The monoisotopic (exact) mass is 358 g/mol. The molecule has 0 bridgehead atoms. The fourth-order valence-electron chi connectivity index (χ4n) is 3.62. The van der Waals surface area contributed by atoms with Gasteiger partial charge in [-0.1, -0.05) is 24.3 Å². The molecule has 4 rings (SSSR count). The van der Waals surface area contributed by atoms with Gasteiger partial charge >= 0.3 is 0 Å². The topological polar surface area (TPSA) is 59.0 Å². The van der Waals surface area contributed by atoms with Crippen molar-refractivity contribution in [2.24, 2.45) is 0 Å². The third-order valence-corrected chi connectivity index (χ3v) is 5.20. The molecule has 5 nitrogen and oxygen atoms in total.